The highest BCUT2D eigenvalue weighted by atomic mass is 16.5. The molecular formula is C22H18N2O3. The number of benzene rings is 3. The molecule has 1 aromatic heterocycles. The van der Waals surface area contributed by atoms with Gasteiger partial charge in [0.05, 0.1) is 31.0 Å². The van der Waals surface area contributed by atoms with Gasteiger partial charge in [0.15, 0.2) is 0 Å². The molecular weight excluding hydrogens is 340 g/mol. The summed E-state index contributed by atoms with van der Waals surface area (Å²) < 4.78 is 10.7. The van der Waals surface area contributed by atoms with Gasteiger partial charge >= 0.3 is 0 Å². The summed E-state index contributed by atoms with van der Waals surface area (Å²) in [7, 11) is 3.17. The van der Waals surface area contributed by atoms with Crippen molar-refractivity contribution in [3.8, 4) is 22.8 Å². The number of primary amides is 1. The van der Waals surface area contributed by atoms with Gasteiger partial charge in [-0.2, -0.15) is 0 Å². The zero-order valence-electron chi connectivity index (χ0n) is 15.0. The van der Waals surface area contributed by atoms with Crippen LogP contribution in [0.3, 0.4) is 0 Å². The predicted octanol–water partition coefficient (Wildman–Crippen LogP) is 4.17. The number of carbonyl (C=O) groups excluding carboxylic acids is 1. The molecule has 1 heterocycles. The van der Waals surface area contributed by atoms with Crippen molar-refractivity contribution in [3.05, 3.63) is 66.2 Å². The van der Waals surface area contributed by atoms with Crippen LogP contribution in [-0.2, 0) is 0 Å². The normalized spacial score (nSPS) is 10.9. The molecule has 0 spiro atoms. The number of methoxy groups -OCH3 is 2. The number of rotatable bonds is 4. The molecule has 1 amide bonds. The van der Waals surface area contributed by atoms with E-state index in [1.54, 1.807) is 20.3 Å². The van der Waals surface area contributed by atoms with E-state index in [9.17, 15) is 4.79 Å². The lowest BCUT2D eigenvalue weighted by Gasteiger charge is -2.14. The van der Waals surface area contributed by atoms with Gasteiger partial charge in [-0.15, -0.1) is 0 Å². The molecule has 2 N–H and O–H groups in total. The Balaban J connectivity index is 2.20. The maximum absolute atomic E-state index is 12.1. The van der Waals surface area contributed by atoms with Crippen LogP contribution in [0.25, 0.3) is 32.9 Å². The third kappa shape index (κ3) is 2.83. The molecule has 4 aromatic rings. The Bertz CT molecular complexity index is 1170. The summed E-state index contributed by atoms with van der Waals surface area (Å²) in [6.07, 6.45) is 0. The number of ether oxygens (including phenoxy) is 2. The van der Waals surface area contributed by atoms with E-state index in [1.165, 1.54) is 0 Å². The Kier molecular flexibility index (Phi) is 4.12. The van der Waals surface area contributed by atoms with Gasteiger partial charge < -0.3 is 15.2 Å². The summed E-state index contributed by atoms with van der Waals surface area (Å²) in [4.78, 5) is 17.0. The Morgan fingerprint density at radius 1 is 0.889 bits per heavy atom. The van der Waals surface area contributed by atoms with Crippen LogP contribution in [0.1, 0.15) is 10.4 Å². The summed E-state index contributed by atoms with van der Waals surface area (Å²) in [6, 6.07) is 19.1. The highest BCUT2D eigenvalue weighted by molar-refractivity contribution is 6.19. The van der Waals surface area contributed by atoms with E-state index in [1.807, 2.05) is 54.6 Å². The molecule has 27 heavy (non-hydrogen) atoms. The second-order valence-corrected chi connectivity index (χ2v) is 6.17. The smallest absolute Gasteiger partial charge is 0.249 e. The van der Waals surface area contributed by atoms with E-state index >= 15 is 0 Å². The molecule has 5 nitrogen and oxygen atoms in total. The molecule has 0 fully saturated rings. The lowest BCUT2D eigenvalue weighted by Crippen LogP contribution is -2.12. The van der Waals surface area contributed by atoms with Crippen LogP contribution in [0.5, 0.6) is 11.5 Å². The molecule has 0 atom stereocenters. The van der Waals surface area contributed by atoms with Crippen LogP contribution >= 0.6 is 0 Å². The number of amides is 1. The van der Waals surface area contributed by atoms with Crippen LogP contribution < -0.4 is 15.2 Å². The van der Waals surface area contributed by atoms with Crippen molar-refractivity contribution in [3.63, 3.8) is 0 Å². The predicted molar refractivity (Wildman–Crippen MR) is 106 cm³/mol. The van der Waals surface area contributed by atoms with Gasteiger partial charge in [-0.25, -0.2) is 4.98 Å². The standard InChI is InChI=1S/C22H18N2O3/c1-26-14-8-9-16-17(10-14)21(13-6-4-3-5-7-13)24-19-12-15(27-2)11-18(20(16)19)22(23)25/h3-12H,1-2H3,(H2,23,25). The van der Waals surface area contributed by atoms with E-state index < -0.39 is 5.91 Å². The number of pyridine rings is 1. The van der Waals surface area contributed by atoms with Gasteiger partial charge in [-0.3, -0.25) is 4.79 Å². The van der Waals surface area contributed by atoms with Crippen molar-refractivity contribution in [1.82, 2.24) is 4.98 Å². The molecule has 0 unspecified atom stereocenters. The second-order valence-electron chi connectivity index (χ2n) is 6.17. The summed E-state index contributed by atoms with van der Waals surface area (Å²) >= 11 is 0. The first kappa shape index (κ1) is 16.8. The van der Waals surface area contributed by atoms with Crippen molar-refractivity contribution in [2.24, 2.45) is 5.73 Å². The number of carbonyl (C=O) groups is 1. The van der Waals surface area contributed by atoms with Crippen LogP contribution in [0, 0.1) is 0 Å². The third-order valence-electron chi connectivity index (χ3n) is 4.62. The molecule has 134 valence electrons. The molecule has 0 radical (unpaired) electrons. The molecule has 0 saturated carbocycles. The monoisotopic (exact) mass is 358 g/mol. The molecule has 0 aliphatic carbocycles. The molecule has 4 rings (SSSR count). The maximum Gasteiger partial charge on any atom is 0.249 e. The van der Waals surface area contributed by atoms with Crippen molar-refractivity contribution < 1.29 is 14.3 Å². The second kappa shape index (κ2) is 6.61. The van der Waals surface area contributed by atoms with Crippen molar-refractivity contribution in [2.45, 2.75) is 0 Å². The lowest BCUT2D eigenvalue weighted by molar-refractivity contribution is 0.100. The summed E-state index contributed by atoms with van der Waals surface area (Å²) in [5.74, 6) is 0.732. The lowest BCUT2D eigenvalue weighted by atomic mass is 9.96. The van der Waals surface area contributed by atoms with Crippen LogP contribution in [0.2, 0.25) is 0 Å². The fourth-order valence-corrected chi connectivity index (χ4v) is 3.35. The van der Waals surface area contributed by atoms with Crippen LogP contribution in [0.4, 0.5) is 0 Å². The topological polar surface area (TPSA) is 74.4 Å². The number of fused-ring (bicyclic) bond motifs is 3. The SMILES string of the molecule is COc1cc(C(N)=O)c2c(c1)nc(-c1ccccc1)c1cc(OC)ccc12. The van der Waals surface area contributed by atoms with E-state index in [0.29, 0.717) is 22.2 Å². The number of hydrogen-bond acceptors (Lipinski definition) is 4. The van der Waals surface area contributed by atoms with Crippen LogP contribution in [0.15, 0.2) is 60.7 Å². The Morgan fingerprint density at radius 3 is 2.30 bits per heavy atom. The van der Waals surface area contributed by atoms with E-state index in [-0.39, 0.29) is 0 Å². The highest BCUT2D eigenvalue weighted by Crippen LogP contribution is 2.37. The molecule has 0 aliphatic heterocycles. The molecule has 0 aliphatic rings. The molecule has 0 saturated heterocycles. The van der Waals surface area contributed by atoms with Gasteiger partial charge in [0.25, 0.3) is 0 Å². The van der Waals surface area contributed by atoms with E-state index in [2.05, 4.69) is 0 Å². The zero-order chi connectivity index (χ0) is 19.0. The van der Waals surface area contributed by atoms with Gasteiger partial charge in [-0.1, -0.05) is 30.3 Å². The van der Waals surface area contributed by atoms with Gasteiger partial charge in [0.2, 0.25) is 5.91 Å². The zero-order valence-corrected chi connectivity index (χ0v) is 15.0. The Morgan fingerprint density at radius 2 is 1.63 bits per heavy atom. The number of hydrogen-bond donors (Lipinski definition) is 1. The number of aromatic nitrogens is 1. The summed E-state index contributed by atoms with van der Waals surface area (Å²) in [6.45, 7) is 0. The molecule has 5 heteroatoms. The first-order valence-electron chi connectivity index (χ1n) is 8.47. The van der Waals surface area contributed by atoms with Crippen LogP contribution in [-0.4, -0.2) is 25.1 Å². The first-order valence-corrected chi connectivity index (χ1v) is 8.47. The average Bonchev–Trinajstić information content (AvgIpc) is 2.72. The minimum Gasteiger partial charge on any atom is -0.497 e. The van der Waals surface area contributed by atoms with Gasteiger partial charge in [-0.05, 0) is 29.7 Å². The fourth-order valence-electron chi connectivity index (χ4n) is 3.35. The Labute approximate surface area is 156 Å². The average molecular weight is 358 g/mol. The quantitative estimate of drug-likeness (QED) is 0.556. The number of nitrogens with zero attached hydrogens (tertiary/aromatic N) is 1. The molecule has 0 bridgehead atoms. The molecule has 3 aromatic carbocycles. The van der Waals surface area contributed by atoms with E-state index in [4.69, 9.17) is 20.2 Å². The number of nitrogens with two attached hydrogens (primary N) is 1. The minimum absolute atomic E-state index is 0.381. The minimum atomic E-state index is -0.523. The van der Waals surface area contributed by atoms with E-state index in [0.717, 1.165) is 27.8 Å². The van der Waals surface area contributed by atoms with Crippen molar-refractivity contribution in [1.29, 1.82) is 0 Å². The third-order valence-corrected chi connectivity index (χ3v) is 4.62. The first-order chi connectivity index (χ1) is 13.1. The summed E-state index contributed by atoms with van der Waals surface area (Å²) in [5.41, 5.74) is 8.47. The van der Waals surface area contributed by atoms with Crippen molar-refractivity contribution in [2.75, 3.05) is 14.2 Å². The van der Waals surface area contributed by atoms with Gasteiger partial charge in [0, 0.05) is 22.4 Å². The van der Waals surface area contributed by atoms with Gasteiger partial charge in [0.1, 0.15) is 11.5 Å². The highest BCUT2D eigenvalue weighted by Gasteiger charge is 2.17. The van der Waals surface area contributed by atoms with Crippen molar-refractivity contribution >= 4 is 27.6 Å². The maximum atomic E-state index is 12.1. The largest absolute Gasteiger partial charge is 0.497 e. The Hall–Kier alpha value is -3.60. The fraction of sp³-hybridized carbons (Fsp3) is 0.0909. The summed E-state index contributed by atoms with van der Waals surface area (Å²) in [5, 5.41) is 2.48.